The van der Waals surface area contributed by atoms with Gasteiger partial charge in [-0.15, -0.1) is 0 Å². The lowest BCUT2D eigenvalue weighted by Gasteiger charge is -2.35. The molecule has 3 rings (SSSR count). The van der Waals surface area contributed by atoms with Gasteiger partial charge in [-0.2, -0.15) is 0 Å². The molecule has 0 aromatic carbocycles. The number of fused-ring (bicyclic) bond motifs is 1. The first kappa shape index (κ1) is 21.5. The van der Waals surface area contributed by atoms with E-state index in [-0.39, 0.29) is 18.2 Å². The fourth-order valence-corrected chi connectivity index (χ4v) is 3.83. The molecule has 8 heteroatoms. The number of piperazine rings is 1. The first-order valence-corrected chi connectivity index (χ1v) is 10.6. The van der Waals surface area contributed by atoms with Crippen LogP contribution in [-0.2, 0) is 11.2 Å². The average molecular weight is 407 g/mol. The first-order valence-electron chi connectivity index (χ1n) is 10.6. The van der Waals surface area contributed by atoms with Crippen molar-refractivity contribution in [3.8, 4) is 0 Å². The van der Waals surface area contributed by atoms with Gasteiger partial charge in [-0.25, -0.2) is 9.59 Å². The topological polar surface area (TPSA) is 87.0 Å². The van der Waals surface area contributed by atoms with E-state index in [4.69, 9.17) is 9.15 Å². The maximum Gasteiger partial charge on any atom is 0.410 e. The Kier molecular flexibility index (Phi) is 7.05. The Balaban J connectivity index is 1.29. The van der Waals surface area contributed by atoms with Crippen molar-refractivity contribution >= 4 is 12.1 Å². The van der Waals surface area contributed by atoms with Gasteiger partial charge >= 0.3 is 12.1 Å². The fraction of sp³-hybridized carbons (Fsp3) is 0.714. The molecule has 1 aliphatic heterocycles. The number of nitrogens with one attached hydrogen (secondary N) is 2. The third kappa shape index (κ3) is 6.39. The quantitative estimate of drug-likeness (QED) is 0.734. The summed E-state index contributed by atoms with van der Waals surface area (Å²) in [5.74, 6) is 0.993. The molecule has 162 valence electrons. The van der Waals surface area contributed by atoms with Gasteiger partial charge in [0, 0.05) is 44.7 Å². The number of nitrogens with zero attached hydrogens (tertiary/aromatic N) is 2. The summed E-state index contributed by atoms with van der Waals surface area (Å²) in [5, 5.41) is 6.01. The van der Waals surface area contributed by atoms with Crippen molar-refractivity contribution in [1.82, 2.24) is 20.4 Å². The summed E-state index contributed by atoms with van der Waals surface area (Å²) in [6, 6.07) is 1.87. The average Bonchev–Trinajstić information content (AvgIpc) is 3.14. The minimum Gasteiger partial charge on any atom is -0.469 e. The Morgan fingerprint density at radius 2 is 2.00 bits per heavy atom. The Morgan fingerprint density at radius 1 is 1.24 bits per heavy atom. The number of urea groups is 1. The van der Waals surface area contributed by atoms with Crippen LogP contribution in [0.3, 0.4) is 0 Å². The highest BCUT2D eigenvalue weighted by molar-refractivity contribution is 5.74. The zero-order valence-corrected chi connectivity index (χ0v) is 17.8. The molecule has 29 heavy (non-hydrogen) atoms. The number of furan rings is 1. The predicted molar refractivity (Wildman–Crippen MR) is 110 cm³/mol. The fourth-order valence-electron chi connectivity index (χ4n) is 3.83. The van der Waals surface area contributed by atoms with E-state index in [1.807, 2.05) is 26.8 Å². The zero-order valence-electron chi connectivity index (χ0n) is 17.8. The monoisotopic (exact) mass is 406 g/mol. The summed E-state index contributed by atoms with van der Waals surface area (Å²) < 4.78 is 10.9. The van der Waals surface area contributed by atoms with Crippen molar-refractivity contribution in [2.75, 3.05) is 39.3 Å². The molecule has 0 saturated carbocycles. The summed E-state index contributed by atoms with van der Waals surface area (Å²) in [6.45, 7) is 10.2. The molecule has 1 fully saturated rings. The number of hydrogen-bond acceptors (Lipinski definition) is 5. The number of carbonyl (C=O) groups is 2. The molecule has 1 saturated heterocycles. The lowest BCUT2D eigenvalue weighted by Crippen LogP contribution is -2.50. The largest absolute Gasteiger partial charge is 0.469 e. The van der Waals surface area contributed by atoms with Crippen LogP contribution in [0, 0.1) is 0 Å². The zero-order chi connectivity index (χ0) is 20.9. The second-order valence-electron chi connectivity index (χ2n) is 8.81. The van der Waals surface area contributed by atoms with Crippen LogP contribution in [0.1, 0.15) is 57.4 Å². The van der Waals surface area contributed by atoms with Crippen molar-refractivity contribution in [3.63, 3.8) is 0 Å². The molecule has 1 aromatic rings. The van der Waals surface area contributed by atoms with Crippen molar-refractivity contribution in [2.24, 2.45) is 0 Å². The van der Waals surface area contributed by atoms with Gasteiger partial charge in [0.2, 0.25) is 0 Å². The number of amides is 3. The molecule has 3 amide bonds. The second kappa shape index (κ2) is 9.52. The van der Waals surface area contributed by atoms with Gasteiger partial charge in [-0.1, -0.05) is 0 Å². The number of hydrogen-bond donors (Lipinski definition) is 2. The van der Waals surface area contributed by atoms with E-state index >= 15 is 0 Å². The molecule has 2 N–H and O–H groups in total. The van der Waals surface area contributed by atoms with Crippen LogP contribution in [0.2, 0.25) is 0 Å². The molecule has 0 bridgehead atoms. The summed E-state index contributed by atoms with van der Waals surface area (Å²) in [4.78, 5) is 28.4. The van der Waals surface area contributed by atoms with Gasteiger partial charge in [0.15, 0.2) is 0 Å². The predicted octanol–water partition coefficient (Wildman–Crippen LogP) is 2.90. The van der Waals surface area contributed by atoms with Gasteiger partial charge in [-0.05, 0) is 52.6 Å². The van der Waals surface area contributed by atoms with Crippen LogP contribution < -0.4 is 10.6 Å². The molecule has 1 unspecified atom stereocenters. The number of rotatable bonds is 5. The molecule has 8 nitrogen and oxygen atoms in total. The number of ether oxygens (including phenoxy) is 1. The Hall–Kier alpha value is -2.22. The molecule has 0 spiro atoms. The minimum absolute atomic E-state index is 0.0402. The molecule has 1 aromatic heterocycles. The summed E-state index contributed by atoms with van der Waals surface area (Å²) in [5.41, 5.74) is 0.645. The van der Waals surface area contributed by atoms with Crippen molar-refractivity contribution in [3.05, 3.63) is 23.7 Å². The SMILES string of the molecule is CC(C)(C)OC(=O)N1CCN(CCCNC(=O)NC2CCCc3occc32)CC1. The van der Waals surface area contributed by atoms with Crippen LogP contribution in [0.4, 0.5) is 9.59 Å². The van der Waals surface area contributed by atoms with E-state index in [0.717, 1.165) is 56.6 Å². The van der Waals surface area contributed by atoms with Crippen molar-refractivity contribution in [2.45, 2.75) is 58.1 Å². The van der Waals surface area contributed by atoms with Crippen molar-refractivity contribution < 1.29 is 18.7 Å². The Bertz CT molecular complexity index is 689. The molecular formula is C21H34N4O4. The second-order valence-corrected chi connectivity index (χ2v) is 8.81. The molecule has 2 heterocycles. The van der Waals surface area contributed by atoms with Gasteiger partial charge in [0.1, 0.15) is 11.4 Å². The minimum atomic E-state index is -0.461. The standard InChI is InChI=1S/C21H34N4O4/c1-21(2,3)29-20(27)25-13-11-24(12-14-25)10-5-9-22-19(26)23-17-6-4-7-18-16(17)8-15-28-18/h8,15,17H,4-7,9-14H2,1-3H3,(H2,22,23,26). The van der Waals surface area contributed by atoms with Gasteiger partial charge in [0.25, 0.3) is 0 Å². The molecule has 1 aliphatic carbocycles. The van der Waals surface area contributed by atoms with E-state index in [2.05, 4.69) is 15.5 Å². The smallest absolute Gasteiger partial charge is 0.410 e. The molecule has 2 aliphatic rings. The lowest BCUT2D eigenvalue weighted by atomic mass is 9.93. The highest BCUT2D eigenvalue weighted by Gasteiger charge is 2.26. The number of carbonyl (C=O) groups excluding carboxylic acids is 2. The van der Waals surface area contributed by atoms with Crippen LogP contribution in [0.5, 0.6) is 0 Å². The third-order valence-electron chi connectivity index (χ3n) is 5.32. The highest BCUT2D eigenvalue weighted by atomic mass is 16.6. The first-order chi connectivity index (χ1) is 13.8. The van der Waals surface area contributed by atoms with E-state index in [9.17, 15) is 9.59 Å². The Morgan fingerprint density at radius 3 is 2.72 bits per heavy atom. The van der Waals surface area contributed by atoms with E-state index in [0.29, 0.717) is 19.6 Å². The summed E-state index contributed by atoms with van der Waals surface area (Å²) in [6.07, 6.45) is 5.26. The van der Waals surface area contributed by atoms with Crippen molar-refractivity contribution in [1.29, 1.82) is 0 Å². The number of aryl methyl sites for hydroxylation is 1. The van der Waals surface area contributed by atoms with Gasteiger partial charge < -0.3 is 24.7 Å². The summed E-state index contributed by atoms with van der Waals surface area (Å²) in [7, 11) is 0. The molecule has 1 atom stereocenters. The molecular weight excluding hydrogens is 372 g/mol. The van der Waals surface area contributed by atoms with Gasteiger partial charge in [-0.3, -0.25) is 4.90 Å². The van der Waals surface area contributed by atoms with E-state index in [1.165, 1.54) is 0 Å². The maximum absolute atomic E-state index is 12.2. The highest BCUT2D eigenvalue weighted by Crippen LogP contribution is 2.30. The van der Waals surface area contributed by atoms with Crippen LogP contribution in [0.25, 0.3) is 0 Å². The van der Waals surface area contributed by atoms with Crippen LogP contribution in [0.15, 0.2) is 16.7 Å². The normalized spacial score (nSPS) is 20.1. The van der Waals surface area contributed by atoms with Crippen LogP contribution in [-0.4, -0.2) is 66.8 Å². The third-order valence-corrected chi connectivity index (χ3v) is 5.32. The van der Waals surface area contributed by atoms with E-state index in [1.54, 1.807) is 11.2 Å². The molecule has 0 radical (unpaired) electrons. The van der Waals surface area contributed by atoms with E-state index < -0.39 is 5.60 Å². The lowest BCUT2D eigenvalue weighted by molar-refractivity contribution is 0.0144. The van der Waals surface area contributed by atoms with Gasteiger partial charge in [0.05, 0.1) is 12.3 Å². The maximum atomic E-state index is 12.2. The summed E-state index contributed by atoms with van der Waals surface area (Å²) >= 11 is 0. The van der Waals surface area contributed by atoms with Crippen LogP contribution >= 0.6 is 0 Å². The Labute approximate surface area is 172 Å².